The molecule has 0 aliphatic rings. The topological polar surface area (TPSA) is 46.6 Å². The third-order valence-electron chi connectivity index (χ3n) is 2.78. The van der Waals surface area contributed by atoms with E-state index in [0.717, 1.165) is 6.42 Å². The lowest BCUT2D eigenvalue weighted by Crippen LogP contribution is -2.34. The molecular formula is C15H24ClNO3S. The highest BCUT2D eigenvalue weighted by Crippen LogP contribution is 2.22. The van der Waals surface area contributed by atoms with Crippen LogP contribution in [-0.4, -0.2) is 38.8 Å². The molecule has 0 fully saturated rings. The van der Waals surface area contributed by atoms with Crippen molar-refractivity contribution in [3.8, 4) is 5.75 Å². The molecule has 0 saturated heterocycles. The number of nitrogens with zero attached hydrogens (tertiary/aromatic N) is 1. The number of hydrogen-bond donors (Lipinski definition) is 0. The third-order valence-corrected chi connectivity index (χ3v) is 4.86. The molecule has 1 rings (SSSR count). The molecule has 1 aromatic carbocycles. The van der Waals surface area contributed by atoms with Gasteiger partial charge in [-0.15, -0.1) is 11.6 Å². The molecule has 0 N–H and O–H groups in total. The predicted molar refractivity (Wildman–Crippen MR) is 86.5 cm³/mol. The molecule has 1 aromatic rings. The number of benzene rings is 1. The molecular weight excluding hydrogens is 310 g/mol. The van der Waals surface area contributed by atoms with E-state index in [1.54, 1.807) is 31.3 Å². The zero-order chi connectivity index (χ0) is 16.1. The lowest BCUT2D eigenvalue weighted by atomic mass is 9.97. The van der Waals surface area contributed by atoms with Crippen LogP contribution in [0.3, 0.4) is 0 Å². The summed E-state index contributed by atoms with van der Waals surface area (Å²) in [7, 11) is -1.85. The fourth-order valence-electron chi connectivity index (χ4n) is 1.89. The van der Waals surface area contributed by atoms with Gasteiger partial charge in [-0.3, -0.25) is 0 Å². The molecule has 0 heterocycles. The number of rotatable bonds is 7. The van der Waals surface area contributed by atoms with Gasteiger partial charge in [0, 0.05) is 19.5 Å². The highest BCUT2D eigenvalue weighted by Gasteiger charge is 2.25. The van der Waals surface area contributed by atoms with E-state index < -0.39 is 10.0 Å². The zero-order valence-electron chi connectivity index (χ0n) is 13.1. The van der Waals surface area contributed by atoms with Gasteiger partial charge in [0.25, 0.3) is 0 Å². The Bertz CT molecular complexity index is 535. The lowest BCUT2D eigenvalue weighted by molar-refractivity contribution is 0.310. The van der Waals surface area contributed by atoms with Gasteiger partial charge in [-0.25, -0.2) is 12.7 Å². The molecule has 0 aliphatic carbocycles. The molecule has 0 saturated carbocycles. The first-order valence-corrected chi connectivity index (χ1v) is 8.89. The molecule has 0 aromatic heterocycles. The van der Waals surface area contributed by atoms with E-state index in [0.29, 0.717) is 24.8 Å². The molecule has 0 bridgehead atoms. The van der Waals surface area contributed by atoms with E-state index >= 15 is 0 Å². The van der Waals surface area contributed by atoms with Crippen LogP contribution in [0.2, 0.25) is 0 Å². The van der Waals surface area contributed by atoms with E-state index in [1.165, 1.54) is 4.31 Å². The maximum Gasteiger partial charge on any atom is 0.242 e. The first kappa shape index (κ1) is 18.3. The van der Waals surface area contributed by atoms with Crippen LogP contribution in [0.5, 0.6) is 5.75 Å². The summed E-state index contributed by atoms with van der Waals surface area (Å²) in [5.41, 5.74) is -0.0908. The number of hydrogen-bond acceptors (Lipinski definition) is 3. The van der Waals surface area contributed by atoms with Crippen LogP contribution >= 0.6 is 11.6 Å². The summed E-state index contributed by atoms with van der Waals surface area (Å²) in [5.74, 6) is 1.20. The Morgan fingerprint density at radius 1 is 1.19 bits per heavy atom. The van der Waals surface area contributed by atoms with Crippen LogP contribution in [-0.2, 0) is 10.0 Å². The zero-order valence-corrected chi connectivity index (χ0v) is 14.7. The molecule has 0 amide bonds. The molecule has 0 unspecified atom stereocenters. The second-order valence-electron chi connectivity index (χ2n) is 6.18. The van der Waals surface area contributed by atoms with Crippen molar-refractivity contribution in [2.75, 3.05) is 26.1 Å². The summed E-state index contributed by atoms with van der Waals surface area (Å²) in [4.78, 5) is 0.277. The minimum Gasteiger partial charge on any atom is -0.494 e. The van der Waals surface area contributed by atoms with Gasteiger partial charge in [-0.2, -0.15) is 0 Å². The van der Waals surface area contributed by atoms with Gasteiger partial charge in [-0.05, 0) is 36.1 Å². The van der Waals surface area contributed by atoms with Gasteiger partial charge in [0.05, 0.1) is 11.5 Å². The summed E-state index contributed by atoms with van der Waals surface area (Å²) in [5, 5.41) is 0. The number of alkyl halides is 1. The van der Waals surface area contributed by atoms with Gasteiger partial charge in [-0.1, -0.05) is 20.8 Å². The number of halogens is 1. The van der Waals surface area contributed by atoms with Crippen LogP contribution in [0.25, 0.3) is 0 Å². The second kappa shape index (κ2) is 7.47. The molecule has 0 aliphatic heterocycles. The first-order valence-electron chi connectivity index (χ1n) is 6.92. The molecule has 6 heteroatoms. The van der Waals surface area contributed by atoms with E-state index in [-0.39, 0.29) is 10.3 Å². The predicted octanol–water partition coefficient (Wildman–Crippen LogP) is 3.36. The van der Waals surface area contributed by atoms with Crippen molar-refractivity contribution >= 4 is 21.6 Å². The first-order chi connectivity index (χ1) is 9.66. The smallest absolute Gasteiger partial charge is 0.242 e. The summed E-state index contributed by atoms with van der Waals surface area (Å²) >= 11 is 5.58. The molecule has 0 radical (unpaired) electrons. The Hall–Kier alpha value is -0.780. The van der Waals surface area contributed by atoms with Crippen LogP contribution in [0.4, 0.5) is 0 Å². The maximum atomic E-state index is 12.4. The fourth-order valence-corrected chi connectivity index (χ4v) is 3.39. The van der Waals surface area contributed by atoms with E-state index in [2.05, 4.69) is 0 Å². The van der Waals surface area contributed by atoms with Crippen molar-refractivity contribution in [3.05, 3.63) is 24.3 Å². The Kier molecular flexibility index (Phi) is 6.50. The van der Waals surface area contributed by atoms with Crippen LogP contribution in [0.1, 0.15) is 27.2 Å². The van der Waals surface area contributed by atoms with Crippen LogP contribution in [0, 0.1) is 5.41 Å². The Morgan fingerprint density at radius 3 is 2.24 bits per heavy atom. The van der Waals surface area contributed by atoms with E-state index in [4.69, 9.17) is 16.3 Å². The minimum absolute atomic E-state index is 0.0908. The number of ether oxygens (including phenoxy) is 1. The Morgan fingerprint density at radius 2 is 1.76 bits per heavy atom. The van der Waals surface area contributed by atoms with Crippen LogP contribution in [0.15, 0.2) is 29.2 Å². The average molecular weight is 334 g/mol. The molecule has 0 atom stereocenters. The minimum atomic E-state index is -3.46. The highest BCUT2D eigenvalue weighted by atomic mass is 35.5. The average Bonchev–Trinajstić information content (AvgIpc) is 2.37. The summed E-state index contributed by atoms with van der Waals surface area (Å²) in [6.07, 6.45) is 0.760. The van der Waals surface area contributed by atoms with Gasteiger partial charge in [0.15, 0.2) is 0 Å². The Labute approximate surface area is 133 Å². The van der Waals surface area contributed by atoms with E-state index in [1.807, 2.05) is 20.8 Å². The van der Waals surface area contributed by atoms with Crippen LogP contribution < -0.4 is 4.74 Å². The third kappa shape index (κ3) is 5.85. The van der Waals surface area contributed by atoms with Gasteiger partial charge in [0.1, 0.15) is 5.75 Å². The highest BCUT2D eigenvalue weighted by molar-refractivity contribution is 7.89. The Balaban J connectivity index is 2.80. The summed E-state index contributed by atoms with van der Waals surface area (Å²) in [6.45, 7) is 7.01. The van der Waals surface area contributed by atoms with E-state index in [9.17, 15) is 8.42 Å². The van der Waals surface area contributed by atoms with Crippen molar-refractivity contribution < 1.29 is 13.2 Å². The molecule has 21 heavy (non-hydrogen) atoms. The molecule has 4 nitrogen and oxygen atoms in total. The lowest BCUT2D eigenvalue weighted by Gasteiger charge is -2.26. The largest absolute Gasteiger partial charge is 0.494 e. The monoisotopic (exact) mass is 333 g/mol. The SMILES string of the molecule is CN(CC(C)(C)C)S(=O)(=O)c1ccc(OCCCCl)cc1. The van der Waals surface area contributed by atoms with Gasteiger partial charge >= 0.3 is 0 Å². The summed E-state index contributed by atoms with van der Waals surface area (Å²) in [6, 6.07) is 6.49. The summed E-state index contributed by atoms with van der Waals surface area (Å²) < 4.78 is 31.7. The number of sulfonamides is 1. The van der Waals surface area contributed by atoms with Crippen molar-refractivity contribution in [3.63, 3.8) is 0 Å². The van der Waals surface area contributed by atoms with Gasteiger partial charge < -0.3 is 4.74 Å². The fraction of sp³-hybridized carbons (Fsp3) is 0.600. The standard InChI is InChI=1S/C15H24ClNO3S/c1-15(2,3)12-17(4)21(18,19)14-8-6-13(7-9-14)20-11-5-10-16/h6-9H,5,10-12H2,1-4H3. The molecule has 120 valence electrons. The second-order valence-corrected chi connectivity index (χ2v) is 8.61. The van der Waals surface area contributed by atoms with Crippen molar-refractivity contribution in [1.82, 2.24) is 4.31 Å². The van der Waals surface area contributed by atoms with Crippen molar-refractivity contribution in [2.24, 2.45) is 5.41 Å². The normalized spacial score (nSPS) is 12.7. The van der Waals surface area contributed by atoms with Crippen molar-refractivity contribution in [1.29, 1.82) is 0 Å². The quantitative estimate of drug-likeness (QED) is 0.568. The molecule has 0 spiro atoms. The van der Waals surface area contributed by atoms with Gasteiger partial charge in [0.2, 0.25) is 10.0 Å². The van der Waals surface area contributed by atoms with Crippen molar-refractivity contribution in [2.45, 2.75) is 32.1 Å². The maximum absolute atomic E-state index is 12.4.